The summed E-state index contributed by atoms with van der Waals surface area (Å²) in [5.41, 5.74) is 8.67. The number of nitrogens with two attached hydrogens (primary N) is 1. The van der Waals surface area contributed by atoms with Crippen LogP contribution in [0.25, 0.3) is 0 Å². The summed E-state index contributed by atoms with van der Waals surface area (Å²) in [7, 11) is 0. The van der Waals surface area contributed by atoms with Crippen LogP contribution in [-0.4, -0.2) is 24.6 Å². The molecule has 2 aromatic rings. The molecule has 0 aliphatic carbocycles. The number of nitrogens with one attached hydrogen (secondary N) is 1. The average Bonchev–Trinajstić information content (AvgIpc) is 2.54. The lowest BCUT2D eigenvalue weighted by Crippen LogP contribution is -2.20. The normalized spacial score (nSPS) is 10.5. The minimum Gasteiger partial charge on any atom is -0.484 e. The number of primary amides is 1. The number of ether oxygens (including phenoxy) is 1. The van der Waals surface area contributed by atoms with Gasteiger partial charge in [0.1, 0.15) is 5.75 Å². The average molecular weight is 376 g/mol. The number of hydrogen-bond donors (Lipinski definition) is 2. The molecule has 0 saturated carbocycles. The summed E-state index contributed by atoms with van der Waals surface area (Å²) in [6.07, 6.45) is 1.48. The highest BCUT2D eigenvalue weighted by Crippen LogP contribution is 2.12. The molecule has 0 atom stereocenters. The maximum atomic E-state index is 11.9. The standard InChI is InChI=1S/C16H14BrN3O3/c17-13-6-4-12(5-7-13)16(22)20-19-9-11-2-1-3-14(8-11)23-10-15(18)21/h1-9H,10H2,(H2,18,21)(H,20,22)/b19-9+. The van der Waals surface area contributed by atoms with E-state index in [-0.39, 0.29) is 12.5 Å². The highest BCUT2D eigenvalue weighted by Gasteiger charge is 2.03. The molecule has 0 saturated heterocycles. The van der Waals surface area contributed by atoms with Gasteiger partial charge in [-0.25, -0.2) is 5.43 Å². The summed E-state index contributed by atoms with van der Waals surface area (Å²) in [5, 5.41) is 3.89. The number of amides is 2. The first-order valence-corrected chi connectivity index (χ1v) is 7.44. The van der Waals surface area contributed by atoms with Crippen molar-refractivity contribution in [2.24, 2.45) is 10.8 Å². The lowest BCUT2D eigenvalue weighted by molar-refractivity contribution is -0.119. The molecule has 0 fully saturated rings. The number of hydrogen-bond acceptors (Lipinski definition) is 4. The quantitative estimate of drug-likeness (QED) is 0.597. The molecule has 0 bridgehead atoms. The molecule has 23 heavy (non-hydrogen) atoms. The summed E-state index contributed by atoms with van der Waals surface area (Å²) in [6.45, 7) is -0.194. The number of nitrogens with zero attached hydrogens (tertiary/aromatic N) is 1. The van der Waals surface area contributed by atoms with Crippen molar-refractivity contribution in [1.82, 2.24) is 5.43 Å². The molecule has 0 aliphatic heterocycles. The predicted octanol–water partition coefficient (Wildman–Crippen LogP) is 2.08. The van der Waals surface area contributed by atoms with Gasteiger partial charge in [0.25, 0.3) is 11.8 Å². The zero-order chi connectivity index (χ0) is 16.7. The van der Waals surface area contributed by atoms with E-state index in [2.05, 4.69) is 26.5 Å². The van der Waals surface area contributed by atoms with Gasteiger partial charge < -0.3 is 10.5 Å². The monoisotopic (exact) mass is 375 g/mol. The molecule has 0 heterocycles. The van der Waals surface area contributed by atoms with E-state index in [0.29, 0.717) is 16.9 Å². The van der Waals surface area contributed by atoms with Gasteiger partial charge in [0.05, 0.1) is 6.21 Å². The molecule has 0 aliphatic rings. The van der Waals surface area contributed by atoms with Crippen molar-refractivity contribution in [3.05, 3.63) is 64.1 Å². The second-order valence-corrected chi connectivity index (χ2v) is 5.45. The van der Waals surface area contributed by atoms with Crippen LogP contribution >= 0.6 is 15.9 Å². The molecule has 3 N–H and O–H groups in total. The van der Waals surface area contributed by atoms with Crippen molar-refractivity contribution in [3.63, 3.8) is 0 Å². The van der Waals surface area contributed by atoms with Crippen LogP contribution in [-0.2, 0) is 4.79 Å². The van der Waals surface area contributed by atoms with Crippen molar-refractivity contribution in [1.29, 1.82) is 0 Å². The minimum atomic E-state index is -0.550. The molecule has 0 unspecified atom stereocenters. The van der Waals surface area contributed by atoms with Crippen molar-refractivity contribution >= 4 is 34.0 Å². The number of halogens is 1. The third kappa shape index (κ3) is 5.55. The Labute approximate surface area is 141 Å². The van der Waals surface area contributed by atoms with Gasteiger partial charge in [-0.15, -0.1) is 0 Å². The van der Waals surface area contributed by atoms with Gasteiger partial charge in [-0.1, -0.05) is 28.1 Å². The van der Waals surface area contributed by atoms with E-state index in [1.54, 1.807) is 48.5 Å². The molecule has 6 nitrogen and oxygen atoms in total. The molecule has 2 amide bonds. The van der Waals surface area contributed by atoms with Gasteiger partial charge >= 0.3 is 0 Å². The molecule has 2 aromatic carbocycles. The van der Waals surface area contributed by atoms with Gasteiger partial charge in [0.15, 0.2) is 6.61 Å². The molecular formula is C16H14BrN3O3. The van der Waals surface area contributed by atoms with Crippen LogP contribution in [0, 0.1) is 0 Å². The third-order valence-electron chi connectivity index (χ3n) is 2.73. The molecule has 118 valence electrons. The van der Waals surface area contributed by atoms with E-state index in [4.69, 9.17) is 10.5 Å². The smallest absolute Gasteiger partial charge is 0.271 e. The molecule has 7 heteroatoms. The predicted molar refractivity (Wildman–Crippen MR) is 90.3 cm³/mol. The Morgan fingerprint density at radius 3 is 2.65 bits per heavy atom. The summed E-state index contributed by atoms with van der Waals surface area (Å²) in [5.74, 6) is -0.368. The Morgan fingerprint density at radius 1 is 1.22 bits per heavy atom. The Morgan fingerprint density at radius 2 is 1.96 bits per heavy atom. The van der Waals surface area contributed by atoms with Gasteiger partial charge in [0.2, 0.25) is 0 Å². The Bertz CT molecular complexity index is 730. The second-order valence-electron chi connectivity index (χ2n) is 4.53. The Hall–Kier alpha value is -2.67. The first-order valence-electron chi connectivity index (χ1n) is 6.65. The first kappa shape index (κ1) is 16.7. The Kier molecular flexibility index (Phi) is 5.87. The van der Waals surface area contributed by atoms with Crippen LogP contribution in [0.3, 0.4) is 0 Å². The molecule has 2 rings (SSSR count). The van der Waals surface area contributed by atoms with Crippen LogP contribution in [0.2, 0.25) is 0 Å². The van der Waals surface area contributed by atoms with Crippen LogP contribution in [0.5, 0.6) is 5.75 Å². The van der Waals surface area contributed by atoms with E-state index >= 15 is 0 Å². The van der Waals surface area contributed by atoms with Gasteiger partial charge in [-0.05, 0) is 42.0 Å². The van der Waals surface area contributed by atoms with E-state index in [9.17, 15) is 9.59 Å². The summed E-state index contributed by atoms with van der Waals surface area (Å²) in [6, 6.07) is 13.8. The number of rotatable bonds is 6. The fourth-order valence-electron chi connectivity index (χ4n) is 1.67. The van der Waals surface area contributed by atoms with E-state index in [1.807, 2.05) is 0 Å². The van der Waals surface area contributed by atoms with Crippen LogP contribution in [0.15, 0.2) is 58.1 Å². The van der Waals surface area contributed by atoms with Gasteiger partial charge in [-0.2, -0.15) is 5.10 Å². The van der Waals surface area contributed by atoms with Crippen LogP contribution in [0.1, 0.15) is 15.9 Å². The fraction of sp³-hybridized carbons (Fsp3) is 0.0625. The topological polar surface area (TPSA) is 93.8 Å². The van der Waals surface area contributed by atoms with E-state index < -0.39 is 5.91 Å². The van der Waals surface area contributed by atoms with Gasteiger partial charge in [0, 0.05) is 10.0 Å². The Balaban J connectivity index is 1.94. The number of hydrazone groups is 1. The highest BCUT2D eigenvalue weighted by atomic mass is 79.9. The molecular weight excluding hydrogens is 362 g/mol. The van der Waals surface area contributed by atoms with Crippen LogP contribution in [0.4, 0.5) is 0 Å². The summed E-state index contributed by atoms with van der Waals surface area (Å²) < 4.78 is 6.08. The second kappa shape index (κ2) is 8.09. The first-order chi connectivity index (χ1) is 11.0. The zero-order valence-corrected chi connectivity index (χ0v) is 13.6. The van der Waals surface area contributed by atoms with Crippen molar-refractivity contribution in [3.8, 4) is 5.75 Å². The number of benzene rings is 2. The van der Waals surface area contributed by atoms with Gasteiger partial charge in [-0.3, -0.25) is 9.59 Å². The lowest BCUT2D eigenvalue weighted by Gasteiger charge is -2.04. The fourth-order valence-corrected chi connectivity index (χ4v) is 1.93. The molecule has 0 spiro atoms. The maximum Gasteiger partial charge on any atom is 0.271 e. The SMILES string of the molecule is NC(=O)COc1cccc(/C=N/NC(=O)c2ccc(Br)cc2)c1. The van der Waals surface area contributed by atoms with E-state index in [0.717, 1.165) is 4.47 Å². The lowest BCUT2D eigenvalue weighted by atomic mass is 10.2. The van der Waals surface area contributed by atoms with Crippen molar-refractivity contribution in [2.45, 2.75) is 0 Å². The van der Waals surface area contributed by atoms with E-state index in [1.165, 1.54) is 6.21 Å². The summed E-state index contributed by atoms with van der Waals surface area (Å²) >= 11 is 3.30. The van der Waals surface area contributed by atoms with Crippen molar-refractivity contribution < 1.29 is 14.3 Å². The largest absolute Gasteiger partial charge is 0.484 e. The van der Waals surface area contributed by atoms with Crippen LogP contribution < -0.4 is 15.9 Å². The molecule has 0 radical (unpaired) electrons. The zero-order valence-electron chi connectivity index (χ0n) is 12.0. The highest BCUT2D eigenvalue weighted by molar-refractivity contribution is 9.10. The van der Waals surface area contributed by atoms with Crippen molar-refractivity contribution in [2.75, 3.05) is 6.61 Å². The summed E-state index contributed by atoms with van der Waals surface area (Å²) in [4.78, 5) is 22.6. The third-order valence-corrected chi connectivity index (χ3v) is 3.25. The minimum absolute atomic E-state index is 0.194. The maximum absolute atomic E-state index is 11.9. The molecule has 0 aromatic heterocycles. The number of carbonyl (C=O) groups is 2. The number of carbonyl (C=O) groups excluding carboxylic acids is 2.